The number of hydrogen-bond acceptors (Lipinski definition) is 2. The van der Waals surface area contributed by atoms with Crippen molar-refractivity contribution in [2.24, 2.45) is 5.92 Å². The van der Waals surface area contributed by atoms with Gasteiger partial charge >= 0.3 is 6.18 Å². The molecule has 1 aromatic heterocycles. The summed E-state index contributed by atoms with van der Waals surface area (Å²) in [5, 5.41) is 1.70. The van der Waals surface area contributed by atoms with Crippen LogP contribution < -0.4 is 0 Å². The van der Waals surface area contributed by atoms with Gasteiger partial charge in [0.05, 0.1) is 14.4 Å². The number of piperidine rings is 1. The van der Waals surface area contributed by atoms with Gasteiger partial charge in [0.15, 0.2) is 0 Å². The highest BCUT2D eigenvalue weighted by Crippen LogP contribution is 2.33. The summed E-state index contributed by atoms with van der Waals surface area (Å²) in [7, 11) is 0. The molecule has 2 rings (SSSR count). The van der Waals surface area contributed by atoms with Crippen LogP contribution in [0.5, 0.6) is 0 Å². The Kier molecular flexibility index (Phi) is 4.20. The van der Waals surface area contributed by atoms with Crippen LogP contribution in [0, 0.1) is 8.80 Å². The smallest absolute Gasteiger partial charge is 0.338 e. The Morgan fingerprint density at radius 2 is 2.22 bits per heavy atom. The molecule has 7 heteroatoms. The van der Waals surface area contributed by atoms with Crippen LogP contribution in [-0.4, -0.2) is 30.1 Å². The summed E-state index contributed by atoms with van der Waals surface area (Å²) in [5.41, 5.74) is 0.493. The Hall–Kier alpha value is -0.310. The normalized spacial score (nSPS) is 21.1. The minimum Gasteiger partial charge on any atom is -0.338 e. The molecule has 1 fully saturated rings. The van der Waals surface area contributed by atoms with Crippen LogP contribution in [0.2, 0.25) is 0 Å². The van der Waals surface area contributed by atoms with Crippen molar-refractivity contribution in [2.75, 3.05) is 13.1 Å². The molecule has 0 aromatic carbocycles. The zero-order valence-electron chi connectivity index (χ0n) is 9.34. The van der Waals surface area contributed by atoms with E-state index in [-0.39, 0.29) is 18.9 Å². The van der Waals surface area contributed by atoms with Gasteiger partial charge < -0.3 is 4.90 Å². The third-order valence-corrected chi connectivity index (χ3v) is 4.77. The fourth-order valence-electron chi connectivity index (χ4n) is 2.03. The van der Waals surface area contributed by atoms with E-state index in [1.165, 1.54) is 16.2 Å². The molecule has 2 heterocycles. The Morgan fingerprint density at radius 1 is 1.50 bits per heavy atom. The molecule has 1 amide bonds. The molecule has 0 spiro atoms. The molecule has 0 N–H and O–H groups in total. The van der Waals surface area contributed by atoms with Crippen LogP contribution in [0.4, 0.5) is 13.2 Å². The lowest BCUT2D eigenvalue weighted by molar-refractivity contribution is -0.184. The molecule has 100 valence electrons. The standard InChI is InChI=1S/C11H11F3INOS/c12-11(13,14)8-2-1-3-16(5-8)10(17)7-4-9(15)18-6-7/h4,6,8H,1-3,5H2. The molecule has 1 saturated heterocycles. The molecule has 1 aliphatic heterocycles. The van der Waals surface area contributed by atoms with E-state index in [1.807, 2.05) is 0 Å². The minimum atomic E-state index is -4.21. The summed E-state index contributed by atoms with van der Waals surface area (Å²) in [6.07, 6.45) is -3.67. The van der Waals surface area contributed by atoms with Gasteiger partial charge in [-0.15, -0.1) is 11.3 Å². The van der Waals surface area contributed by atoms with Crippen LogP contribution in [0.15, 0.2) is 11.4 Å². The topological polar surface area (TPSA) is 20.3 Å². The number of alkyl halides is 3. The number of carbonyl (C=O) groups is 1. The number of hydrogen-bond donors (Lipinski definition) is 0. The number of rotatable bonds is 1. The van der Waals surface area contributed by atoms with Gasteiger partial charge in [-0.25, -0.2) is 0 Å². The molecule has 18 heavy (non-hydrogen) atoms. The van der Waals surface area contributed by atoms with E-state index >= 15 is 0 Å². The Labute approximate surface area is 120 Å². The van der Waals surface area contributed by atoms with Crippen LogP contribution >= 0.6 is 33.9 Å². The molecule has 2 nitrogen and oxygen atoms in total. The summed E-state index contributed by atoms with van der Waals surface area (Å²) in [5.74, 6) is -1.67. The first-order valence-corrected chi connectivity index (χ1v) is 7.44. The van der Waals surface area contributed by atoms with Crippen molar-refractivity contribution in [3.63, 3.8) is 0 Å². The van der Waals surface area contributed by atoms with Gasteiger partial charge in [0.1, 0.15) is 0 Å². The van der Waals surface area contributed by atoms with E-state index in [9.17, 15) is 18.0 Å². The van der Waals surface area contributed by atoms with Gasteiger partial charge in [0.25, 0.3) is 5.91 Å². The maximum atomic E-state index is 12.6. The van der Waals surface area contributed by atoms with Gasteiger partial charge in [0.2, 0.25) is 0 Å². The predicted octanol–water partition coefficient (Wildman–Crippen LogP) is 3.77. The van der Waals surface area contributed by atoms with Crippen molar-refractivity contribution in [2.45, 2.75) is 19.0 Å². The van der Waals surface area contributed by atoms with Gasteiger partial charge in [-0.2, -0.15) is 13.2 Å². The molecule has 0 bridgehead atoms. The average molecular weight is 389 g/mol. The van der Waals surface area contributed by atoms with Crippen LogP contribution in [0.1, 0.15) is 23.2 Å². The summed E-state index contributed by atoms with van der Waals surface area (Å²) >= 11 is 3.51. The zero-order valence-corrected chi connectivity index (χ0v) is 12.3. The number of halogens is 4. The van der Waals surface area contributed by atoms with Gasteiger partial charge in [-0.1, -0.05) is 0 Å². The van der Waals surface area contributed by atoms with E-state index in [0.29, 0.717) is 18.5 Å². The molecule has 1 aliphatic rings. The molecular formula is C11H11F3INOS. The van der Waals surface area contributed by atoms with Crippen molar-refractivity contribution in [1.29, 1.82) is 0 Å². The molecular weight excluding hydrogens is 378 g/mol. The number of amides is 1. The van der Waals surface area contributed by atoms with E-state index in [1.54, 1.807) is 11.4 Å². The largest absolute Gasteiger partial charge is 0.393 e. The highest BCUT2D eigenvalue weighted by molar-refractivity contribution is 14.1. The number of thiophene rings is 1. The predicted molar refractivity (Wildman–Crippen MR) is 71.7 cm³/mol. The van der Waals surface area contributed by atoms with Crippen molar-refractivity contribution in [3.8, 4) is 0 Å². The fraction of sp³-hybridized carbons (Fsp3) is 0.545. The lowest BCUT2D eigenvalue weighted by atomic mass is 9.97. The molecule has 0 saturated carbocycles. The Morgan fingerprint density at radius 3 is 2.78 bits per heavy atom. The summed E-state index contributed by atoms with van der Waals surface area (Å²) < 4.78 is 38.9. The second kappa shape index (κ2) is 5.36. The summed E-state index contributed by atoms with van der Waals surface area (Å²) in [6, 6.07) is 1.71. The van der Waals surface area contributed by atoms with Crippen LogP contribution in [0.3, 0.4) is 0 Å². The molecule has 1 unspecified atom stereocenters. The van der Waals surface area contributed by atoms with E-state index in [2.05, 4.69) is 22.6 Å². The van der Waals surface area contributed by atoms with E-state index in [4.69, 9.17) is 0 Å². The third kappa shape index (κ3) is 3.17. The zero-order chi connectivity index (χ0) is 13.3. The van der Waals surface area contributed by atoms with Gasteiger partial charge in [-0.3, -0.25) is 4.79 Å². The second-order valence-electron chi connectivity index (χ2n) is 4.27. The van der Waals surface area contributed by atoms with Crippen molar-refractivity contribution in [3.05, 3.63) is 19.9 Å². The lowest BCUT2D eigenvalue weighted by Gasteiger charge is -2.33. The first-order chi connectivity index (χ1) is 8.38. The monoisotopic (exact) mass is 389 g/mol. The van der Waals surface area contributed by atoms with Crippen molar-refractivity contribution in [1.82, 2.24) is 4.90 Å². The highest BCUT2D eigenvalue weighted by Gasteiger charge is 2.42. The minimum absolute atomic E-state index is 0.119. The first kappa shape index (κ1) is 14.1. The number of carbonyl (C=O) groups excluding carboxylic acids is 1. The van der Waals surface area contributed by atoms with Crippen LogP contribution in [-0.2, 0) is 0 Å². The SMILES string of the molecule is O=C(c1csc(I)c1)N1CCCC(C(F)(F)F)C1. The highest BCUT2D eigenvalue weighted by atomic mass is 127. The number of likely N-dealkylation sites (tertiary alicyclic amines) is 1. The first-order valence-electron chi connectivity index (χ1n) is 5.48. The molecule has 1 atom stereocenters. The van der Waals surface area contributed by atoms with Gasteiger partial charge in [-0.05, 0) is 41.5 Å². The van der Waals surface area contributed by atoms with Crippen molar-refractivity contribution < 1.29 is 18.0 Å². The lowest BCUT2D eigenvalue weighted by Crippen LogP contribution is -2.44. The Bertz CT molecular complexity index is 446. The average Bonchev–Trinajstić information content (AvgIpc) is 2.74. The maximum Gasteiger partial charge on any atom is 0.393 e. The molecule has 1 aromatic rings. The quantitative estimate of drug-likeness (QED) is 0.670. The second-order valence-corrected chi connectivity index (χ2v) is 7.08. The summed E-state index contributed by atoms with van der Waals surface area (Å²) in [6.45, 7) is 0.201. The van der Waals surface area contributed by atoms with E-state index in [0.717, 1.165) is 2.88 Å². The molecule has 0 aliphatic carbocycles. The maximum absolute atomic E-state index is 12.6. The Balaban J connectivity index is 2.07. The van der Waals surface area contributed by atoms with Crippen LogP contribution in [0.25, 0.3) is 0 Å². The molecule has 0 radical (unpaired) electrons. The summed E-state index contributed by atoms with van der Waals surface area (Å²) in [4.78, 5) is 13.4. The van der Waals surface area contributed by atoms with E-state index < -0.39 is 12.1 Å². The fourth-order valence-corrected chi connectivity index (χ4v) is 3.35. The van der Waals surface area contributed by atoms with Crippen molar-refractivity contribution >= 4 is 39.8 Å². The number of nitrogens with zero attached hydrogens (tertiary/aromatic N) is 1. The van der Waals surface area contributed by atoms with Gasteiger partial charge in [0, 0.05) is 18.5 Å². The third-order valence-electron chi connectivity index (χ3n) is 2.99.